The molecule has 4 nitrogen and oxygen atoms in total. The maximum Gasteiger partial charge on any atom is 0.251 e. The van der Waals surface area contributed by atoms with Gasteiger partial charge in [-0.2, -0.15) is 0 Å². The Balaban J connectivity index is 2.71. The Morgan fingerprint density at radius 1 is 1.56 bits per heavy atom. The first kappa shape index (κ1) is 14.1. The van der Waals surface area contributed by atoms with Gasteiger partial charge in [-0.1, -0.05) is 26.5 Å². The minimum Gasteiger partial charge on any atom is -0.487 e. The molecule has 0 unspecified atom stereocenters. The maximum atomic E-state index is 11.8. The van der Waals surface area contributed by atoms with Crippen LogP contribution < -0.4 is 15.8 Å². The molecule has 98 valence electrons. The summed E-state index contributed by atoms with van der Waals surface area (Å²) in [5, 5.41) is 2.84. The first-order chi connectivity index (χ1) is 8.54. The van der Waals surface area contributed by atoms with E-state index >= 15 is 0 Å². The number of nitrogens with one attached hydrogen (secondary N) is 1. The number of nitrogens with two attached hydrogens (primary N) is 1. The predicted molar refractivity (Wildman–Crippen MR) is 73.7 cm³/mol. The van der Waals surface area contributed by atoms with Crippen molar-refractivity contribution < 1.29 is 9.53 Å². The Bertz CT molecular complexity index is 428. The van der Waals surface area contributed by atoms with E-state index in [1.807, 2.05) is 13.8 Å². The molecule has 1 aromatic rings. The molecule has 0 aliphatic rings. The standard InChI is InChI=1S/C14H20N2O2/c1-4-7-18-13-6-5-11(8-12(13)15)14(17)16-9-10(2)3/h4-6,8,10H,1,7,9,15H2,2-3H3,(H,16,17). The van der Waals surface area contributed by atoms with E-state index < -0.39 is 0 Å². The lowest BCUT2D eigenvalue weighted by Gasteiger charge is -2.10. The van der Waals surface area contributed by atoms with Crippen LogP contribution in [0, 0.1) is 5.92 Å². The summed E-state index contributed by atoms with van der Waals surface area (Å²) in [6.45, 7) is 8.69. The van der Waals surface area contributed by atoms with Crippen molar-refractivity contribution in [1.29, 1.82) is 0 Å². The number of benzene rings is 1. The van der Waals surface area contributed by atoms with Gasteiger partial charge in [0.1, 0.15) is 12.4 Å². The Morgan fingerprint density at radius 2 is 2.28 bits per heavy atom. The van der Waals surface area contributed by atoms with Gasteiger partial charge in [-0.15, -0.1) is 0 Å². The zero-order valence-corrected chi connectivity index (χ0v) is 10.9. The summed E-state index contributed by atoms with van der Waals surface area (Å²) in [4.78, 5) is 11.8. The van der Waals surface area contributed by atoms with Gasteiger partial charge in [-0.05, 0) is 24.1 Å². The lowest BCUT2D eigenvalue weighted by molar-refractivity contribution is 0.0949. The topological polar surface area (TPSA) is 64.3 Å². The van der Waals surface area contributed by atoms with E-state index in [1.54, 1.807) is 24.3 Å². The third-order valence-electron chi connectivity index (χ3n) is 2.30. The highest BCUT2D eigenvalue weighted by Gasteiger charge is 2.08. The van der Waals surface area contributed by atoms with Gasteiger partial charge >= 0.3 is 0 Å². The molecular weight excluding hydrogens is 228 g/mol. The molecule has 0 radical (unpaired) electrons. The van der Waals surface area contributed by atoms with Gasteiger partial charge in [-0.3, -0.25) is 4.79 Å². The third kappa shape index (κ3) is 4.13. The van der Waals surface area contributed by atoms with Crippen LogP contribution in [0.25, 0.3) is 0 Å². The molecular formula is C14H20N2O2. The van der Waals surface area contributed by atoms with Gasteiger partial charge in [-0.25, -0.2) is 0 Å². The van der Waals surface area contributed by atoms with E-state index in [0.29, 0.717) is 36.1 Å². The number of nitrogen functional groups attached to an aromatic ring is 1. The van der Waals surface area contributed by atoms with Gasteiger partial charge in [0.05, 0.1) is 5.69 Å². The fourth-order valence-electron chi connectivity index (χ4n) is 1.37. The molecule has 0 saturated carbocycles. The first-order valence-corrected chi connectivity index (χ1v) is 5.96. The number of rotatable bonds is 6. The zero-order chi connectivity index (χ0) is 13.5. The smallest absolute Gasteiger partial charge is 0.251 e. The molecule has 0 aliphatic carbocycles. The Labute approximate surface area is 108 Å². The summed E-state index contributed by atoms with van der Waals surface area (Å²) in [5.41, 5.74) is 6.81. The van der Waals surface area contributed by atoms with Crippen LogP contribution in [0.3, 0.4) is 0 Å². The summed E-state index contributed by atoms with van der Waals surface area (Å²) in [6, 6.07) is 5.02. The highest BCUT2D eigenvalue weighted by atomic mass is 16.5. The SMILES string of the molecule is C=CCOc1ccc(C(=O)NCC(C)C)cc1N. The predicted octanol–water partition coefficient (Wildman–Crippen LogP) is 2.22. The summed E-state index contributed by atoms with van der Waals surface area (Å²) < 4.78 is 5.34. The number of hydrogen-bond donors (Lipinski definition) is 2. The molecule has 0 aromatic heterocycles. The van der Waals surface area contributed by atoms with Crippen LogP contribution in [-0.2, 0) is 0 Å². The Hall–Kier alpha value is -1.97. The lowest BCUT2D eigenvalue weighted by atomic mass is 10.1. The van der Waals surface area contributed by atoms with Gasteiger partial charge in [0.15, 0.2) is 0 Å². The maximum absolute atomic E-state index is 11.8. The van der Waals surface area contributed by atoms with E-state index in [1.165, 1.54) is 0 Å². The number of ether oxygens (including phenoxy) is 1. The van der Waals surface area contributed by atoms with Crippen LogP contribution in [0.5, 0.6) is 5.75 Å². The van der Waals surface area contributed by atoms with Crippen molar-refractivity contribution in [2.24, 2.45) is 5.92 Å². The first-order valence-electron chi connectivity index (χ1n) is 5.96. The third-order valence-corrected chi connectivity index (χ3v) is 2.30. The minimum atomic E-state index is -0.120. The molecule has 0 saturated heterocycles. The number of carbonyl (C=O) groups excluding carboxylic acids is 1. The molecule has 1 rings (SSSR count). The summed E-state index contributed by atoms with van der Waals surface area (Å²) in [5.74, 6) is 0.863. The second kappa shape index (κ2) is 6.69. The second-order valence-electron chi connectivity index (χ2n) is 4.46. The summed E-state index contributed by atoms with van der Waals surface area (Å²) >= 11 is 0. The van der Waals surface area contributed by atoms with Crippen molar-refractivity contribution in [1.82, 2.24) is 5.32 Å². The number of carbonyl (C=O) groups is 1. The van der Waals surface area contributed by atoms with Crippen molar-refractivity contribution in [3.05, 3.63) is 36.4 Å². The highest BCUT2D eigenvalue weighted by molar-refractivity contribution is 5.95. The van der Waals surface area contributed by atoms with Crippen LogP contribution in [0.1, 0.15) is 24.2 Å². The van der Waals surface area contributed by atoms with E-state index in [9.17, 15) is 4.79 Å². The van der Waals surface area contributed by atoms with E-state index in [4.69, 9.17) is 10.5 Å². The molecule has 18 heavy (non-hydrogen) atoms. The van der Waals surface area contributed by atoms with Crippen LogP contribution in [0.4, 0.5) is 5.69 Å². The van der Waals surface area contributed by atoms with E-state index in [2.05, 4.69) is 11.9 Å². The minimum absolute atomic E-state index is 0.120. The molecule has 0 spiro atoms. The second-order valence-corrected chi connectivity index (χ2v) is 4.46. The number of anilines is 1. The molecule has 0 aliphatic heterocycles. The lowest BCUT2D eigenvalue weighted by Crippen LogP contribution is -2.27. The van der Waals surface area contributed by atoms with Crippen LogP contribution >= 0.6 is 0 Å². The molecule has 3 N–H and O–H groups in total. The van der Waals surface area contributed by atoms with Crippen LogP contribution in [-0.4, -0.2) is 19.1 Å². The van der Waals surface area contributed by atoms with E-state index in [0.717, 1.165) is 0 Å². The molecule has 1 aromatic carbocycles. The average Bonchev–Trinajstić information content (AvgIpc) is 2.34. The van der Waals surface area contributed by atoms with Crippen molar-refractivity contribution in [3.8, 4) is 5.75 Å². The summed E-state index contributed by atoms with van der Waals surface area (Å²) in [6.07, 6.45) is 1.64. The van der Waals surface area contributed by atoms with Crippen molar-refractivity contribution >= 4 is 11.6 Å². The number of amides is 1. The van der Waals surface area contributed by atoms with Crippen molar-refractivity contribution in [2.45, 2.75) is 13.8 Å². The normalized spacial score (nSPS) is 10.2. The van der Waals surface area contributed by atoms with Gasteiger partial charge in [0.25, 0.3) is 5.91 Å². The zero-order valence-electron chi connectivity index (χ0n) is 10.9. The van der Waals surface area contributed by atoms with Crippen molar-refractivity contribution in [3.63, 3.8) is 0 Å². The fraction of sp³-hybridized carbons (Fsp3) is 0.357. The largest absolute Gasteiger partial charge is 0.487 e. The van der Waals surface area contributed by atoms with Crippen LogP contribution in [0.2, 0.25) is 0 Å². The molecule has 1 amide bonds. The Kier molecular flexibility index (Phi) is 5.24. The molecule has 4 heteroatoms. The highest BCUT2D eigenvalue weighted by Crippen LogP contribution is 2.22. The molecule has 0 heterocycles. The molecule has 0 bridgehead atoms. The van der Waals surface area contributed by atoms with Gasteiger partial charge in [0.2, 0.25) is 0 Å². The van der Waals surface area contributed by atoms with Crippen LogP contribution in [0.15, 0.2) is 30.9 Å². The number of hydrogen-bond acceptors (Lipinski definition) is 3. The Morgan fingerprint density at radius 3 is 2.83 bits per heavy atom. The molecule has 0 atom stereocenters. The van der Waals surface area contributed by atoms with Gasteiger partial charge in [0, 0.05) is 12.1 Å². The fourth-order valence-corrected chi connectivity index (χ4v) is 1.37. The monoisotopic (exact) mass is 248 g/mol. The molecule has 0 fully saturated rings. The van der Waals surface area contributed by atoms with Gasteiger partial charge < -0.3 is 15.8 Å². The summed E-state index contributed by atoms with van der Waals surface area (Å²) in [7, 11) is 0. The average molecular weight is 248 g/mol. The van der Waals surface area contributed by atoms with Crippen molar-refractivity contribution in [2.75, 3.05) is 18.9 Å². The van der Waals surface area contributed by atoms with E-state index in [-0.39, 0.29) is 5.91 Å². The quantitative estimate of drug-likeness (QED) is 0.599.